The number of ether oxygens (including phenoxy) is 1. The summed E-state index contributed by atoms with van der Waals surface area (Å²) in [6.07, 6.45) is 6.29. The van der Waals surface area contributed by atoms with Crippen LogP contribution in [0.2, 0.25) is 0 Å². The fraction of sp³-hybridized carbons (Fsp3) is 0.600. The van der Waals surface area contributed by atoms with Gasteiger partial charge in [0.1, 0.15) is 11.9 Å². The molecule has 2 rings (SSSR count). The molecule has 0 saturated heterocycles. The number of hydrogen-bond donors (Lipinski definition) is 1. The van der Waals surface area contributed by atoms with E-state index in [0.29, 0.717) is 0 Å². The number of hydrogen-bond acceptors (Lipinski definition) is 2. The van der Waals surface area contributed by atoms with Crippen molar-refractivity contribution in [2.75, 3.05) is 0 Å². The zero-order valence-electron chi connectivity index (χ0n) is 10.6. The van der Waals surface area contributed by atoms with E-state index in [9.17, 15) is 5.11 Å². The molecule has 0 radical (unpaired) electrons. The van der Waals surface area contributed by atoms with E-state index in [4.69, 9.17) is 4.74 Å². The number of aryl methyl sites for hydroxylation is 1. The van der Waals surface area contributed by atoms with Gasteiger partial charge in [-0.1, -0.05) is 25.5 Å². The second kappa shape index (κ2) is 6.06. The lowest BCUT2D eigenvalue weighted by atomic mass is 10.1. The van der Waals surface area contributed by atoms with E-state index in [2.05, 4.69) is 31.2 Å². The van der Waals surface area contributed by atoms with Crippen molar-refractivity contribution in [2.45, 2.75) is 57.7 Å². The first-order valence-corrected chi connectivity index (χ1v) is 6.71. The Morgan fingerprint density at radius 1 is 1.24 bits per heavy atom. The van der Waals surface area contributed by atoms with Crippen molar-refractivity contribution >= 4 is 0 Å². The molecular formula is C15H22O2. The summed E-state index contributed by atoms with van der Waals surface area (Å²) in [5, 5.41) is 9.44. The van der Waals surface area contributed by atoms with E-state index in [1.165, 1.54) is 18.4 Å². The highest BCUT2D eigenvalue weighted by Gasteiger charge is 2.24. The van der Waals surface area contributed by atoms with Gasteiger partial charge in [-0.3, -0.25) is 0 Å². The van der Waals surface area contributed by atoms with Crippen molar-refractivity contribution in [3.05, 3.63) is 29.8 Å². The van der Waals surface area contributed by atoms with E-state index in [0.717, 1.165) is 31.4 Å². The highest BCUT2D eigenvalue weighted by Crippen LogP contribution is 2.24. The van der Waals surface area contributed by atoms with E-state index in [1.807, 2.05) is 0 Å². The molecule has 1 N–H and O–H groups in total. The second-order valence-electron chi connectivity index (χ2n) is 4.95. The molecule has 0 bridgehead atoms. The summed E-state index contributed by atoms with van der Waals surface area (Å²) < 4.78 is 5.85. The summed E-state index contributed by atoms with van der Waals surface area (Å²) in [5.74, 6) is 0.935. The molecule has 1 aliphatic carbocycles. The summed E-state index contributed by atoms with van der Waals surface area (Å²) in [5.41, 5.74) is 1.38. The number of aliphatic hydroxyl groups excluding tert-OH is 1. The first-order chi connectivity index (χ1) is 8.28. The molecular weight excluding hydrogens is 212 g/mol. The topological polar surface area (TPSA) is 29.5 Å². The summed E-state index contributed by atoms with van der Waals surface area (Å²) in [7, 11) is 0. The molecule has 0 amide bonds. The van der Waals surface area contributed by atoms with Crippen LogP contribution in [0, 0.1) is 0 Å². The lowest BCUT2D eigenvalue weighted by Gasteiger charge is -2.13. The van der Waals surface area contributed by atoms with Gasteiger partial charge in [0.2, 0.25) is 0 Å². The Bertz CT molecular complexity index is 331. The van der Waals surface area contributed by atoms with Gasteiger partial charge in [0, 0.05) is 6.42 Å². The van der Waals surface area contributed by atoms with Gasteiger partial charge >= 0.3 is 0 Å². The molecule has 1 fully saturated rings. The monoisotopic (exact) mass is 234 g/mol. The quantitative estimate of drug-likeness (QED) is 0.847. The summed E-state index contributed by atoms with van der Waals surface area (Å²) in [6, 6.07) is 8.40. The number of aliphatic hydroxyl groups is 1. The zero-order valence-corrected chi connectivity index (χ0v) is 10.6. The SMILES string of the molecule is CCCCc1ccc(OC2CCC(O)C2)cc1. The molecule has 17 heavy (non-hydrogen) atoms. The second-order valence-corrected chi connectivity index (χ2v) is 4.95. The molecule has 0 aliphatic heterocycles. The highest BCUT2D eigenvalue weighted by molar-refractivity contribution is 5.27. The van der Waals surface area contributed by atoms with Crippen LogP contribution in [0.1, 0.15) is 44.6 Å². The summed E-state index contributed by atoms with van der Waals surface area (Å²) >= 11 is 0. The van der Waals surface area contributed by atoms with Crippen molar-refractivity contribution in [3.8, 4) is 5.75 Å². The zero-order chi connectivity index (χ0) is 12.1. The van der Waals surface area contributed by atoms with Crippen LogP contribution in [-0.2, 0) is 6.42 Å². The average molecular weight is 234 g/mol. The minimum absolute atomic E-state index is 0.163. The molecule has 94 valence electrons. The van der Waals surface area contributed by atoms with Crippen LogP contribution in [0.25, 0.3) is 0 Å². The minimum atomic E-state index is -0.163. The maximum absolute atomic E-state index is 9.44. The first-order valence-electron chi connectivity index (χ1n) is 6.71. The van der Waals surface area contributed by atoms with Crippen LogP contribution in [0.4, 0.5) is 0 Å². The third kappa shape index (κ3) is 3.74. The van der Waals surface area contributed by atoms with E-state index in [-0.39, 0.29) is 12.2 Å². The van der Waals surface area contributed by atoms with Crippen LogP contribution in [0.3, 0.4) is 0 Å². The van der Waals surface area contributed by atoms with E-state index < -0.39 is 0 Å². The van der Waals surface area contributed by atoms with Crippen molar-refractivity contribution in [2.24, 2.45) is 0 Å². The van der Waals surface area contributed by atoms with Crippen LogP contribution in [0.5, 0.6) is 5.75 Å². The van der Waals surface area contributed by atoms with Gasteiger partial charge in [0.05, 0.1) is 6.10 Å². The van der Waals surface area contributed by atoms with E-state index in [1.54, 1.807) is 0 Å². The molecule has 2 heteroatoms. The normalized spacial score (nSPS) is 23.9. The van der Waals surface area contributed by atoms with Crippen molar-refractivity contribution < 1.29 is 9.84 Å². The van der Waals surface area contributed by atoms with E-state index >= 15 is 0 Å². The maximum atomic E-state index is 9.44. The van der Waals surface area contributed by atoms with Gasteiger partial charge in [-0.2, -0.15) is 0 Å². The molecule has 0 aromatic heterocycles. The lowest BCUT2D eigenvalue weighted by molar-refractivity contribution is 0.150. The Morgan fingerprint density at radius 2 is 2.00 bits per heavy atom. The van der Waals surface area contributed by atoms with Crippen molar-refractivity contribution in [1.82, 2.24) is 0 Å². The molecule has 0 heterocycles. The first kappa shape index (κ1) is 12.4. The van der Waals surface area contributed by atoms with Gasteiger partial charge in [-0.05, 0) is 43.4 Å². The number of benzene rings is 1. The average Bonchev–Trinajstić information content (AvgIpc) is 2.74. The Labute approximate surface area is 104 Å². The predicted octanol–water partition coefficient (Wildman–Crippen LogP) is 3.32. The van der Waals surface area contributed by atoms with Crippen LogP contribution in [0.15, 0.2) is 24.3 Å². The van der Waals surface area contributed by atoms with Gasteiger partial charge in [0.25, 0.3) is 0 Å². The molecule has 0 spiro atoms. The van der Waals surface area contributed by atoms with Crippen LogP contribution >= 0.6 is 0 Å². The molecule has 1 aromatic carbocycles. The maximum Gasteiger partial charge on any atom is 0.119 e. The predicted molar refractivity (Wildman–Crippen MR) is 69.3 cm³/mol. The fourth-order valence-electron chi connectivity index (χ4n) is 2.33. The van der Waals surface area contributed by atoms with Gasteiger partial charge in [-0.25, -0.2) is 0 Å². The molecule has 1 aliphatic rings. The summed E-state index contributed by atoms with van der Waals surface area (Å²) in [4.78, 5) is 0. The Balaban J connectivity index is 1.85. The lowest BCUT2D eigenvalue weighted by Crippen LogP contribution is -2.13. The molecule has 2 unspecified atom stereocenters. The standard InChI is InChI=1S/C15H22O2/c1-2-3-4-12-5-8-14(9-6-12)17-15-10-7-13(16)11-15/h5-6,8-9,13,15-16H,2-4,7,10-11H2,1H3. The third-order valence-electron chi connectivity index (χ3n) is 3.40. The van der Waals surface area contributed by atoms with Crippen molar-refractivity contribution in [3.63, 3.8) is 0 Å². The van der Waals surface area contributed by atoms with Gasteiger partial charge < -0.3 is 9.84 Å². The minimum Gasteiger partial charge on any atom is -0.490 e. The summed E-state index contributed by atoms with van der Waals surface area (Å²) in [6.45, 7) is 2.21. The molecule has 2 atom stereocenters. The molecule has 1 saturated carbocycles. The highest BCUT2D eigenvalue weighted by atomic mass is 16.5. The Hall–Kier alpha value is -1.02. The number of rotatable bonds is 5. The van der Waals surface area contributed by atoms with Crippen LogP contribution < -0.4 is 4.74 Å². The van der Waals surface area contributed by atoms with Gasteiger partial charge in [-0.15, -0.1) is 0 Å². The number of unbranched alkanes of at least 4 members (excludes halogenated alkanes) is 1. The van der Waals surface area contributed by atoms with Gasteiger partial charge in [0.15, 0.2) is 0 Å². The van der Waals surface area contributed by atoms with Crippen LogP contribution in [-0.4, -0.2) is 17.3 Å². The molecule has 2 nitrogen and oxygen atoms in total. The largest absolute Gasteiger partial charge is 0.490 e. The Kier molecular flexibility index (Phi) is 4.43. The van der Waals surface area contributed by atoms with Crippen molar-refractivity contribution in [1.29, 1.82) is 0 Å². The molecule has 1 aromatic rings. The smallest absolute Gasteiger partial charge is 0.119 e. The Morgan fingerprint density at radius 3 is 2.59 bits per heavy atom. The third-order valence-corrected chi connectivity index (χ3v) is 3.40. The fourth-order valence-corrected chi connectivity index (χ4v) is 2.33.